The molecule has 0 spiro atoms. The van der Waals surface area contributed by atoms with E-state index in [2.05, 4.69) is 25.9 Å². The molecule has 0 aliphatic rings. The molecule has 4 rings (SSSR count). The van der Waals surface area contributed by atoms with E-state index < -0.39 is 17.7 Å². The number of rotatable bonds is 7. The lowest BCUT2D eigenvalue weighted by atomic mass is 10.2. The number of fused-ring (bicyclic) bond motifs is 1. The Morgan fingerprint density at radius 3 is 2.36 bits per heavy atom. The molecule has 0 bridgehead atoms. The number of aliphatic hydroxyl groups is 1. The van der Waals surface area contributed by atoms with Gasteiger partial charge in [-0.2, -0.15) is 0 Å². The molecular formula is C23H19F2N5O3. The van der Waals surface area contributed by atoms with E-state index in [1.54, 1.807) is 48.7 Å². The van der Waals surface area contributed by atoms with Crippen LogP contribution in [0.2, 0.25) is 0 Å². The van der Waals surface area contributed by atoms with Gasteiger partial charge in [-0.05, 0) is 48.5 Å². The fourth-order valence-corrected chi connectivity index (χ4v) is 2.93. The second-order valence-corrected chi connectivity index (χ2v) is 6.89. The molecule has 1 heterocycles. The number of halogens is 2. The van der Waals surface area contributed by atoms with Gasteiger partial charge in [0.2, 0.25) is 0 Å². The summed E-state index contributed by atoms with van der Waals surface area (Å²) in [6.45, 7) is 0.357. The molecule has 8 nitrogen and oxygen atoms in total. The monoisotopic (exact) mass is 451 g/mol. The van der Waals surface area contributed by atoms with Gasteiger partial charge in [0, 0.05) is 30.1 Å². The van der Waals surface area contributed by atoms with Crippen molar-refractivity contribution in [3.8, 4) is 11.5 Å². The Kier molecular flexibility index (Phi) is 6.56. The average Bonchev–Trinajstić information content (AvgIpc) is 2.81. The summed E-state index contributed by atoms with van der Waals surface area (Å²) in [5.41, 5.74) is 1.93. The highest BCUT2D eigenvalue weighted by Gasteiger charge is 2.08. The minimum Gasteiger partial charge on any atom is -0.457 e. The molecule has 168 valence electrons. The number of amides is 2. The highest BCUT2D eigenvalue weighted by Crippen LogP contribution is 2.26. The molecule has 0 unspecified atom stereocenters. The van der Waals surface area contributed by atoms with Crippen molar-refractivity contribution in [2.45, 2.75) is 0 Å². The number of carbonyl (C=O) groups is 1. The highest BCUT2D eigenvalue weighted by molar-refractivity contribution is 5.99. The Morgan fingerprint density at radius 2 is 1.61 bits per heavy atom. The van der Waals surface area contributed by atoms with Crippen molar-refractivity contribution in [3.63, 3.8) is 0 Å². The first-order valence-corrected chi connectivity index (χ1v) is 9.93. The average molecular weight is 451 g/mol. The largest absolute Gasteiger partial charge is 0.457 e. The molecular weight excluding hydrogens is 432 g/mol. The van der Waals surface area contributed by atoms with Crippen LogP contribution in [0.5, 0.6) is 11.5 Å². The Labute approximate surface area is 187 Å². The number of nitrogens with zero attached hydrogens (tertiary/aromatic N) is 2. The zero-order valence-corrected chi connectivity index (χ0v) is 17.2. The van der Waals surface area contributed by atoms with E-state index in [0.717, 1.165) is 12.1 Å². The summed E-state index contributed by atoms with van der Waals surface area (Å²) in [5.74, 6) is -0.414. The summed E-state index contributed by atoms with van der Waals surface area (Å²) in [6.07, 6.45) is 1.59. The lowest BCUT2D eigenvalue weighted by molar-refractivity contribution is 0.262. The second kappa shape index (κ2) is 9.88. The topological polar surface area (TPSA) is 108 Å². The maximum absolute atomic E-state index is 13.3. The van der Waals surface area contributed by atoms with Crippen molar-refractivity contribution < 1.29 is 23.4 Å². The van der Waals surface area contributed by atoms with Crippen molar-refractivity contribution in [3.05, 3.63) is 78.5 Å². The summed E-state index contributed by atoms with van der Waals surface area (Å²) >= 11 is 0. The van der Waals surface area contributed by atoms with Crippen molar-refractivity contribution in [2.75, 3.05) is 29.1 Å². The molecule has 0 saturated heterocycles. The molecule has 4 N–H and O–H groups in total. The summed E-state index contributed by atoms with van der Waals surface area (Å²) < 4.78 is 32.1. The van der Waals surface area contributed by atoms with Crippen LogP contribution in [0.15, 0.2) is 66.9 Å². The van der Waals surface area contributed by atoms with E-state index in [4.69, 9.17) is 9.84 Å². The standard InChI is InChI=1S/C23H19F2N5O3/c24-18-7-3-15(11-19(18)25)29-23(32)28-14-1-4-16(5-2-14)33-17-6-8-20-21(12-17)30-22(13-27-20)26-9-10-31/h1-8,11-13,31H,9-10H2,(H,26,30)(H2,28,29,32). The van der Waals surface area contributed by atoms with Gasteiger partial charge < -0.3 is 25.8 Å². The quantitative estimate of drug-likeness (QED) is 0.323. The minimum absolute atomic E-state index is 0.0137. The van der Waals surface area contributed by atoms with Gasteiger partial charge in [-0.1, -0.05) is 0 Å². The normalized spacial score (nSPS) is 10.6. The van der Waals surface area contributed by atoms with Crippen LogP contribution in [-0.4, -0.2) is 34.3 Å². The van der Waals surface area contributed by atoms with Crippen LogP contribution in [0, 0.1) is 11.6 Å². The zero-order valence-electron chi connectivity index (χ0n) is 17.2. The number of benzene rings is 3. The van der Waals surface area contributed by atoms with Gasteiger partial charge in [0.05, 0.1) is 23.8 Å². The number of anilines is 3. The molecule has 0 atom stereocenters. The maximum Gasteiger partial charge on any atom is 0.323 e. The summed E-state index contributed by atoms with van der Waals surface area (Å²) in [4.78, 5) is 20.8. The number of hydrogen-bond donors (Lipinski definition) is 4. The molecule has 0 aliphatic carbocycles. The molecule has 0 aliphatic heterocycles. The van der Waals surface area contributed by atoms with Gasteiger partial charge in [-0.25, -0.2) is 18.6 Å². The molecule has 4 aromatic rings. The first-order chi connectivity index (χ1) is 16.0. The molecule has 0 fully saturated rings. The van der Waals surface area contributed by atoms with Crippen molar-refractivity contribution in [2.24, 2.45) is 0 Å². The molecule has 2 amide bonds. The van der Waals surface area contributed by atoms with Crippen LogP contribution in [0.4, 0.5) is 30.8 Å². The minimum atomic E-state index is -1.05. The number of nitrogens with one attached hydrogen (secondary N) is 3. The van der Waals surface area contributed by atoms with Crippen molar-refractivity contribution in [1.82, 2.24) is 9.97 Å². The van der Waals surface area contributed by atoms with Gasteiger partial charge >= 0.3 is 6.03 Å². The van der Waals surface area contributed by atoms with Crippen LogP contribution < -0.4 is 20.7 Å². The molecule has 33 heavy (non-hydrogen) atoms. The number of aromatic nitrogens is 2. The third kappa shape index (κ3) is 5.69. The van der Waals surface area contributed by atoms with Gasteiger partial charge in [-0.15, -0.1) is 0 Å². The number of ether oxygens (including phenoxy) is 1. The zero-order chi connectivity index (χ0) is 23.2. The molecule has 3 aromatic carbocycles. The SMILES string of the molecule is O=C(Nc1ccc(Oc2ccc3ncc(NCCO)nc3c2)cc1)Nc1ccc(F)c(F)c1. The van der Waals surface area contributed by atoms with Crippen LogP contribution >= 0.6 is 0 Å². The van der Waals surface area contributed by atoms with E-state index in [1.165, 1.54) is 6.07 Å². The first-order valence-electron chi connectivity index (χ1n) is 9.93. The van der Waals surface area contributed by atoms with Gasteiger partial charge in [0.1, 0.15) is 17.3 Å². The summed E-state index contributed by atoms with van der Waals surface area (Å²) in [7, 11) is 0. The fraction of sp³-hybridized carbons (Fsp3) is 0.0870. The summed E-state index contributed by atoms with van der Waals surface area (Å²) in [5, 5.41) is 16.9. The van der Waals surface area contributed by atoms with E-state index >= 15 is 0 Å². The molecule has 0 radical (unpaired) electrons. The third-order valence-electron chi connectivity index (χ3n) is 4.46. The van der Waals surface area contributed by atoms with Gasteiger partial charge in [0.25, 0.3) is 0 Å². The predicted octanol–water partition coefficient (Wildman–Crippen LogP) is 4.75. The Morgan fingerprint density at radius 1 is 0.879 bits per heavy atom. The van der Waals surface area contributed by atoms with Crippen molar-refractivity contribution in [1.29, 1.82) is 0 Å². The van der Waals surface area contributed by atoms with Gasteiger partial charge in [0.15, 0.2) is 11.6 Å². The van der Waals surface area contributed by atoms with E-state index in [1.807, 2.05) is 0 Å². The van der Waals surface area contributed by atoms with E-state index in [-0.39, 0.29) is 12.3 Å². The molecule has 1 aromatic heterocycles. The number of urea groups is 1. The lowest BCUT2D eigenvalue weighted by Crippen LogP contribution is -2.19. The van der Waals surface area contributed by atoms with Gasteiger partial charge in [-0.3, -0.25) is 4.98 Å². The van der Waals surface area contributed by atoms with Crippen LogP contribution in [0.25, 0.3) is 11.0 Å². The number of carbonyl (C=O) groups excluding carboxylic acids is 1. The van der Waals surface area contributed by atoms with Crippen LogP contribution in [-0.2, 0) is 0 Å². The number of hydrogen-bond acceptors (Lipinski definition) is 6. The predicted molar refractivity (Wildman–Crippen MR) is 121 cm³/mol. The number of aliphatic hydroxyl groups excluding tert-OH is 1. The Hall–Kier alpha value is -4.31. The third-order valence-corrected chi connectivity index (χ3v) is 4.46. The first kappa shape index (κ1) is 21.9. The maximum atomic E-state index is 13.3. The van der Waals surface area contributed by atoms with Crippen LogP contribution in [0.1, 0.15) is 0 Å². The van der Waals surface area contributed by atoms with E-state index in [9.17, 15) is 13.6 Å². The summed E-state index contributed by atoms with van der Waals surface area (Å²) in [6, 6.07) is 14.4. The van der Waals surface area contributed by atoms with E-state index in [0.29, 0.717) is 40.6 Å². The molecule has 10 heteroatoms. The second-order valence-electron chi connectivity index (χ2n) is 6.89. The Bertz CT molecular complexity index is 1290. The fourth-order valence-electron chi connectivity index (χ4n) is 2.93. The highest BCUT2D eigenvalue weighted by atomic mass is 19.2. The Balaban J connectivity index is 1.39. The molecule has 0 saturated carbocycles. The smallest absolute Gasteiger partial charge is 0.323 e. The van der Waals surface area contributed by atoms with Crippen LogP contribution in [0.3, 0.4) is 0 Å². The lowest BCUT2D eigenvalue weighted by Gasteiger charge is -2.10. The van der Waals surface area contributed by atoms with Crippen molar-refractivity contribution >= 4 is 34.3 Å².